The Hall–Kier alpha value is -0.160. The van der Waals surface area contributed by atoms with Gasteiger partial charge in [0.25, 0.3) is 0 Å². The molecule has 0 heterocycles. The third-order valence-corrected chi connectivity index (χ3v) is 3.02. The van der Waals surface area contributed by atoms with Crippen molar-refractivity contribution in [2.24, 2.45) is 0 Å². The summed E-state index contributed by atoms with van der Waals surface area (Å²) in [7, 11) is 1.77. The highest BCUT2D eigenvalue weighted by molar-refractivity contribution is 8.04. The van der Waals surface area contributed by atoms with Crippen molar-refractivity contribution < 1.29 is 4.39 Å². The first kappa shape index (κ1) is 13.9. The van der Waals surface area contributed by atoms with Crippen LogP contribution < -0.4 is 9.62 Å². The van der Waals surface area contributed by atoms with Gasteiger partial charge in [-0.05, 0) is 26.1 Å². The number of hydrogen-bond acceptors (Lipinski definition) is 3. The maximum atomic E-state index is 13.2. The molecule has 0 fully saturated rings. The van der Waals surface area contributed by atoms with Crippen molar-refractivity contribution in [1.82, 2.24) is 5.32 Å². The summed E-state index contributed by atoms with van der Waals surface area (Å²) in [6.45, 7) is 2.43. The molecular formula is C10H13Cl2FN2S. The van der Waals surface area contributed by atoms with E-state index < -0.39 is 3.92 Å². The molecule has 16 heavy (non-hydrogen) atoms. The van der Waals surface area contributed by atoms with Gasteiger partial charge in [0, 0.05) is 17.6 Å². The van der Waals surface area contributed by atoms with Crippen LogP contribution in [0.3, 0.4) is 0 Å². The molecule has 0 aromatic heterocycles. The van der Waals surface area contributed by atoms with Gasteiger partial charge in [0.1, 0.15) is 0 Å². The quantitative estimate of drug-likeness (QED) is 0.504. The van der Waals surface area contributed by atoms with E-state index >= 15 is 0 Å². The smallest absolute Gasteiger partial charge is 0.302 e. The number of halogens is 3. The molecule has 0 bridgehead atoms. The van der Waals surface area contributed by atoms with E-state index in [2.05, 4.69) is 5.32 Å². The van der Waals surface area contributed by atoms with Gasteiger partial charge >= 0.3 is 3.92 Å². The number of alkyl halides is 3. The highest BCUT2D eigenvalue weighted by Gasteiger charge is 2.27. The first-order valence-corrected chi connectivity index (χ1v) is 6.20. The van der Waals surface area contributed by atoms with Crippen LogP contribution in [0.5, 0.6) is 0 Å². The summed E-state index contributed by atoms with van der Waals surface area (Å²) in [4.78, 5) is 0. The molecule has 2 nitrogen and oxygen atoms in total. The molecule has 0 unspecified atom stereocenters. The topological polar surface area (TPSA) is 15.3 Å². The van der Waals surface area contributed by atoms with E-state index in [4.69, 9.17) is 23.2 Å². The lowest BCUT2D eigenvalue weighted by Gasteiger charge is -2.25. The highest BCUT2D eigenvalue weighted by atomic mass is 35.5. The van der Waals surface area contributed by atoms with Crippen molar-refractivity contribution >= 4 is 40.8 Å². The zero-order valence-corrected chi connectivity index (χ0v) is 11.3. The minimum Gasteiger partial charge on any atom is -0.302 e. The van der Waals surface area contributed by atoms with E-state index in [9.17, 15) is 4.39 Å². The normalized spacial score (nSPS) is 11.6. The third-order valence-electron chi connectivity index (χ3n) is 1.84. The van der Waals surface area contributed by atoms with E-state index in [-0.39, 0.29) is 0 Å². The van der Waals surface area contributed by atoms with E-state index in [0.29, 0.717) is 6.67 Å². The van der Waals surface area contributed by atoms with Crippen molar-refractivity contribution in [2.75, 3.05) is 18.0 Å². The molecule has 0 aliphatic rings. The van der Waals surface area contributed by atoms with Gasteiger partial charge < -0.3 is 5.32 Å². The fourth-order valence-electron chi connectivity index (χ4n) is 1.16. The van der Waals surface area contributed by atoms with Crippen LogP contribution in [0, 0.1) is 6.92 Å². The molecular weight excluding hydrogens is 270 g/mol. The number of benzene rings is 1. The molecule has 1 N–H and O–H groups in total. The lowest BCUT2D eigenvalue weighted by molar-refractivity contribution is 0.514. The van der Waals surface area contributed by atoms with Crippen LogP contribution in [0.25, 0.3) is 0 Å². The van der Waals surface area contributed by atoms with Crippen LogP contribution in [-0.2, 0) is 0 Å². The van der Waals surface area contributed by atoms with Crippen LogP contribution in [0.4, 0.5) is 10.1 Å². The second kappa shape index (κ2) is 5.96. The molecule has 0 aliphatic heterocycles. The molecule has 0 saturated heterocycles. The van der Waals surface area contributed by atoms with Gasteiger partial charge in [-0.15, -0.1) is 0 Å². The predicted molar refractivity (Wildman–Crippen MR) is 70.7 cm³/mol. The largest absolute Gasteiger partial charge is 0.323 e. The first-order chi connectivity index (χ1) is 7.42. The Bertz CT molecular complexity index is 327. The van der Waals surface area contributed by atoms with E-state index in [1.54, 1.807) is 11.4 Å². The summed E-state index contributed by atoms with van der Waals surface area (Å²) in [6.07, 6.45) is 0. The molecule has 0 saturated carbocycles. The van der Waals surface area contributed by atoms with Gasteiger partial charge in [0.05, 0.1) is 6.67 Å². The molecule has 1 aromatic rings. The van der Waals surface area contributed by atoms with E-state index in [1.807, 2.05) is 31.2 Å². The Balaban J connectivity index is 2.80. The van der Waals surface area contributed by atoms with Gasteiger partial charge in [-0.25, -0.2) is 0 Å². The SMILES string of the molecule is CNCN(SC(F)(Cl)Cl)c1ccc(C)cc1. The second-order valence-corrected chi connectivity index (χ2v) is 6.13. The summed E-state index contributed by atoms with van der Waals surface area (Å²) >= 11 is 11.4. The van der Waals surface area contributed by atoms with Crippen molar-refractivity contribution in [1.29, 1.82) is 0 Å². The van der Waals surface area contributed by atoms with Crippen LogP contribution >= 0.6 is 35.1 Å². The van der Waals surface area contributed by atoms with Gasteiger partial charge in [-0.1, -0.05) is 40.9 Å². The van der Waals surface area contributed by atoms with Crippen LogP contribution in [0.1, 0.15) is 5.56 Å². The summed E-state index contributed by atoms with van der Waals surface area (Å²) < 4.78 is 12.5. The summed E-state index contributed by atoms with van der Waals surface area (Å²) in [5.41, 5.74) is 1.98. The fourth-order valence-corrected chi connectivity index (χ4v) is 2.33. The zero-order chi connectivity index (χ0) is 12.2. The van der Waals surface area contributed by atoms with Crippen LogP contribution in [0.15, 0.2) is 24.3 Å². The molecule has 0 radical (unpaired) electrons. The Morgan fingerprint density at radius 2 is 1.94 bits per heavy atom. The van der Waals surface area contributed by atoms with Crippen molar-refractivity contribution in [3.8, 4) is 0 Å². The second-order valence-electron chi connectivity index (χ2n) is 3.26. The number of nitrogens with one attached hydrogen (secondary N) is 1. The monoisotopic (exact) mass is 282 g/mol. The Kier molecular flexibility index (Phi) is 5.18. The molecule has 0 aliphatic carbocycles. The van der Waals surface area contributed by atoms with Gasteiger partial charge in [-0.3, -0.25) is 4.31 Å². The third kappa shape index (κ3) is 4.78. The fraction of sp³-hybridized carbons (Fsp3) is 0.400. The molecule has 0 spiro atoms. The van der Waals surface area contributed by atoms with Gasteiger partial charge in [0.15, 0.2) is 0 Å². The zero-order valence-electron chi connectivity index (χ0n) is 9.01. The number of rotatable bonds is 5. The number of anilines is 1. The van der Waals surface area contributed by atoms with Crippen molar-refractivity contribution in [3.63, 3.8) is 0 Å². The van der Waals surface area contributed by atoms with Crippen molar-refractivity contribution in [3.05, 3.63) is 29.8 Å². The lowest BCUT2D eigenvalue weighted by atomic mass is 10.2. The number of hydrogen-bond donors (Lipinski definition) is 1. The Labute approximate surface area is 109 Å². The maximum Gasteiger partial charge on any atom is 0.323 e. The van der Waals surface area contributed by atoms with Crippen molar-refractivity contribution in [2.45, 2.75) is 10.8 Å². The molecule has 1 aromatic carbocycles. The first-order valence-electron chi connectivity index (χ1n) is 4.67. The Morgan fingerprint density at radius 3 is 2.38 bits per heavy atom. The molecule has 1 rings (SSSR count). The standard InChI is InChI=1S/C10H13Cl2FN2S/c1-8-3-5-9(6-4-8)15(7-14-2)16-10(11,12)13/h3-6,14H,7H2,1-2H3. The Morgan fingerprint density at radius 1 is 1.38 bits per heavy atom. The van der Waals surface area contributed by atoms with Gasteiger partial charge in [0.2, 0.25) is 0 Å². The van der Waals surface area contributed by atoms with E-state index in [1.165, 1.54) is 0 Å². The molecule has 6 heteroatoms. The van der Waals surface area contributed by atoms with Gasteiger partial charge in [-0.2, -0.15) is 4.39 Å². The summed E-state index contributed by atoms with van der Waals surface area (Å²) in [6, 6.07) is 7.67. The molecule has 0 atom stereocenters. The summed E-state index contributed by atoms with van der Waals surface area (Å²) in [5, 5.41) is 2.92. The average Bonchev–Trinajstić information content (AvgIpc) is 2.16. The van der Waals surface area contributed by atoms with E-state index in [0.717, 1.165) is 23.2 Å². The summed E-state index contributed by atoms with van der Waals surface area (Å²) in [5.74, 6) is 0. The van der Waals surface area contributed by atoms with Crippen LogP contribution in [-0.4, -0.2) is 17.6 Å². The number of nitrogens with zero attached hydrogens (tertiary/aromatic N) is 1. The lowest BCUT2D eigenvalue weighted by Crippen LogP contribution is -2.28. The minimum absolute atomic E-state index is 0.443. The number of aryl methyl sites for hydroxylation is 1. The van der Waals surface area contributed by atoms with Crippen LogP contribution in [0.2, 0.25) is 0 Å². The highest BCUT2D eigenvalue weighted by Crippen LogP contribution is 2.40. The predicted octanol–water partition coefficient (Wildman–Crippen LogP) is 3.68. The molecule has 90 valence electrons. The molecule has 0 amide bonds. The maximum absolute atomic E-state index is 13.2. The average molecular weight is 283 g/mol. The minimum atomic E-state index is -2.33.